The number of morpholine rings is 1. The third-order valence-electron chi connectivity index (χ3n) is 6.06. The van der Waals surface area contributed by atoms with Crippen molar-refractivity contribution in [2.75, 3.05) is 51.3 Å². The highest BCUT2D eigenvalue weighted by Gasteiger charge is 2.31. The number of benzene rings is 2. The quantitative estimate of drug-likeness (QED) is 0.459. The Bertz CT molecular complexity index is 1100. The normalized spacial score (nSPS) is 18.8. The molecule has 9 nitrogen and oxygen atoms in total. The second-order valence-electron chi connectivity index (χ2n) is 8.15. The van der Waals surface area contributed by atoms with Gasteiger partial charge in [-0.05, 0) is 36.6 Å². The zero-order valence-corrected chi connectivity index (χ0v) is 19.0. The summed E-state index contributed by atoms with van der Waals surface area (Å²) < 4.78 is 47.3. The van der Waals surface area contributed by atoms with Crippen LogP contribution in [-0.4, -0.2) is 68.5 Å². The van der Waals surface area contributed by atoms with Crippen molar-refractivity contribution in [1.82, 2.24) is 9.21 Å². The predicted octanol–water partition coefficient (Wildman–Crippen LogP) is 3.00. The summed E-state index contributed by atoms with van der Waals surface area (Å²) in [4.78, 5) is 12.8. The molecule has 1 unspecified atom stereocenters. The molecule has 1 atom stereocenters. The summed E-state index contributed by atoms with van der Waals surface area (Å²) in [6.45, 7) is 3.50. The fourth-order valence-electron chi connectivity index (χ4n) is 4.32. The van der Waals surface area contributed by atoms with Gasteiger partial charge in [0, 0.05) is 44.9 Å². The average Bonchev–Trinajstić information content (AvgIpc) is 3.36. The van der Waals surface area contributed by atoms with Gasteiger partial charge >= 0.3 is 0 Å². The molecule has 0 spiro atoms. The topological polar surface area (TPSA) is 105 Å². The van der Waals surface area contributed by atoms with Gasteiger partial charge in [0.2, 0.25) is 10.0 Å². The Morgan fingerprint density at radius 3 is 2.48 bits per heavy atom. The van der Waals surface area contributed by atoms with Crippen molar-refractivity contribution in [2.45, 2.75) is 23.8 Å². The third kappa shape index (κ3) is 5.32. The number of nitro groups is 1. The summed E-state index contributed by atoms with van der Waals surface area (Å²) in [7, 11) is -3.90. The maximum atomic E-state index is 14.0. The van der Waals surface area contributed by atoms with Gasteiger partial charge in [0.1, 0.15) is 10.7 Å². The van der Waals surface area contributed by atoms with Crippen molar-refractivity contribution in [3.05, 3.63) is 64.0 Å². The number of nitrogens with one attached hydrogen (secondary N) is 1. The van der Waals surface area contributed by atoms with E-state index in [4.69, 9.17) is 4.74 Å². The van der Waals surface area contributed by atoms with Crippen LogP contribution < -0.4 is 5.32 Å². The molecule has 0 amide bonds. The summed E-state index contributed by atoms with van der Waals surface area (Å²) in [5.74, 6) is -0.349. The van der Waals surface area contributed by atoms with Crippen LogP contribution in [0.1, 0.15) is 24.4 Å². The maximum absolute atomic E-state index is 14.0. The average molecular weight is 479 g/mol. The van der Waals surface area contributed by atoms with Crippen LogP contribution in [0.25, 0.3) is 0 Å². The number of hydrogen-bond acceptors (Lipinski definition) is 7. The summed E-state index contributed by atoms with van der Waals surface area (Å²) in [6, 6.07) is 9.93. The fourth-order valence-corrected chi connectivity index (χ4v) is 6.02. The molecule has 0 aliphatic carbocycles. The van der Waals surface area contributed by atoms with Crippen molar-refractivity contribution < 1.29 is 22.5 Å². The molecule has 4 rings (SSSR count). The second-order valence-corrected chi connectivity index (χ2v) is 10.1. The maximum Gasteiger partial charge on any atom is 0.270 e. The summed E-state index contributed by atoms with van der Waals surface area (Å²) in [6.07, 6.45) is 1.52. The number of sulfonamides is 1. The van der Waals surface area contributed by atoms with E-state index in [1.165, 1.54) is 28.6 Å². The predicted molar refractivity (Wildman–Crippen MR) is 121 cm³/mol. The number of nitro benzene ring substituents is 1. The lowest BCUT2D eigenvalue weighted by atomic mass is 10.0. The van der Waals surface area contributed by atoms with Gasteiger partial charge in [-0.1, -0.05) is 12.1 Å². The first-order valence-corrected chi connectivity index (χ1v) is 12.4. The molecule has 2 saturated heterocycles. The smallest absolute Gasteiger partial charge is 0.270 e. The highest BCUT2D eigenvalue weighted by Crippen LogP contribution is 2.32. The lowest BCUT2D eigenvalue weighted by Crippen LogP contribution is -2.41. The van der Waals surface area contributed by atoms with E-state index in [-0.39, 0.29) is 22.4 Å². The first-order chi connectivity index (χ1) is 15.9. The van der Waals surface area contributed by atoms with E-state index in [1.807, 2.05) is 6.07 Å². The number of non-ortho nitro benzene ring substituents is 1. The van der Waals surface area contributed by atoms with Gasteiger partial charge in [-0.2, -0.15) is 4.31 Å². The second kappa shape index (κ2) is 10.1. The van der Waals surface area contributed by atoms with E-state index >= 15 is 0 Å². The zero-order valence-electron chi connectivity index (χ0n) is 18.2. The molecular weight excluding hydrogens is 451 g/mol. The molecule has 2 fully saturated rings. The number of ether oxygens (including phenoxy) is 1. The molecule has 2 aliphatic rings. The Hall–Kier alpha value is -2.60. The van der Waals surface area contributed by atoms with Gasteiger partial charge in [0.25, 0.3) is 5.69 Å². The Balaban J connectivity index is 1.65. The first-order valence-electron chi connectivity index (χ1n) is 11.0. The number of rotatable bonds is 8. The van der Waals surface area contributed by atoms with Gasteiger partial charge < -0.3 is 10.1 Å². The lowest BCUT2D eigenvalue weighted by Gasteiger charge is -2.35. The van der Waals surface area contributed by atoms with Crippen molar-refractivity contribution in [1.29, 1.82) is 0 Å². The molecule has 11 heteroatoms. The number of halogens is 1. The van der Waals surface area contributed by atoms with E-state index in [1.54, 1.807) is 6.07 Å². The van der Waals surface area contributed by atoms with E-state index < -0.39 is 14.9 Å². The van der Waals surface area contributed by atoms with Gasteiger partial charge in [-0.25, -0.2) is 12.8 Å². The van der Waals surface area contributed by atoms with Crippen LogP contribution in [0, 0.1) is 15.9 Å². The lowest BCUT2D eigenvalue weighted by molar-refractivity contribution is -0.385. The van der Waals surface area contributed by atoms with Crippen molar-refractivity contribution in [3.63, 3.8) is 0 Å². The van der Waals surface area contributed by atoms with Crippen molar-refractivity contribution >= 4 is 21.4 Å². The van der Waals surface area contributed by atoms with E-state index in [2.05, 4.69) is 10.2 Å². The Labute approximate surface area is 192 Å². The van der Waals surface area contributed by atoms with Crippen LogP contribution >= 0.6 is 0 Å². The molecule has 2 aromatic carbocycles. The minimum absolute atomic E-state index is 0.112. The van der Waals surface area contributed by atoms with E-state index in [0.717, 1.165) is 24.5 Å². The summed E-state index contributed by atoms with van der Waals surface area (Å²) in [5, 5.41) is 14.5. The van der Waals surface area contributed by atoms with Gasteiger partial charge in [0.15, 0.2) is 0 Å². The van der Waals surface area contributed by atoms with E-state index in [9.17, 15) is 22.9 Å². The standard InChI is InChI=1S/C22H27FN4O5S/c23-18-5-3-4-17(14-18)21(25-10-12-32-13-11-25)16-24-20-7-6-19(27(28)29)15-22(20)33(30,31)26-8-1-2-9-26/h3-7,14-15,21,24H,1-2,8-13,16H2. The molecule has 0 aromatic heterocycles. The highest BCUT2D eigenvalue weighted by atomic mass is 32.2. The minimum atomic E-state index is -3.90. The van der Waals surface area contributed by atoms with Gasteiger partial charge in [-0.3, -0.25) is 15.0 Å². The highest BCUT2D eigenvalue weighted by molar-refractivity contribution is 7.89. The van der Waals surface area contributed by atoms with Crippen LogP contribution in [-0.2, 0) is 14.8 Å². The van der Waals surface area contributed by atoms with Gasteiger partial charge in [0.05, 0.1) is 29.9 Å². The zero-order chi connectivity index (χ0) is 23.4. The van der Waals surface area contributed by atoms with Crippen LogP contribution in [0.4, 0.5) is 15.8 Å². The Morgan fingerprint density at radius 2 is 1.82 bits per heavy atom. The number of anilines is 1. The Morgan fingerprint density at radius 1 is 1.09 bits per heavy atom. The minimum Gasteiger partial charge on any atom is -0.382 e. The molecule has 0 bridgehead atoms. The largest absolute Gasteiger partial charge is 0.382 e. The molecule has 1 N–H and O–H groups in total. The van der Waals surface area contributed by atoms with Crippen LogP contribution in [0.5, 0.6) is 0 Å². The van der Waals surface area contributed by atoms with Crippen LogP contribution in [0.15, 0.2) is 47.4 Å². The van der Waals surface area contributed by atoms with Gasteiger partial charge in [-0.15, -0.1) is 0 Å². The molecule has 0 radical (unpaired) electrons. The molecule has 178 valence electrons. The first kappa shape index (κ1) is 23.6. The van der Waals surface area contributed by atoms with Crippen molar-refractivity contribution in [2.24, 2.45) is 0 Å². The molecule has 2 aliphatic heterocycles. The van der Waals surface area contributed by atoms with Crippen molar-refractivity contribution in [3.8, 4) is 0 Å². The monoisotopic (exact) mass is 478 g/mol. The molecular formula is C22H27FN4O5S. The van der Waals surface area contributed by atoms with Crippen LogP contribution in [0.2, 0.25) is 0 Å². The summed E-state index contributed by atoms with van der Waals surface area (Å²) >= 11 is 0. The molecule has 2 heterocycles. The molecule has 33 heavy (non-hydrogen) atoms. The van der Waals surface area contributed by atoms with E-state index in [0.29, 0.717) is 51.6 Å². The molecule has 2 aromatic rings. The fraction of sp³-hybridized carbons (Fsp3) is 0.455. The number of nitrogens with zero attached hydrogens (tertiary/aromatic N) is 3. The SMILES string of the molecule is O=[N+]([O-])c1ccc(NCC(c2cccc(F)c2)N2CCOCC2)c(S(=O)(=O)N2CCCC2)c1. The number of hydrogen-bond donors (Lipinski definition) is 1. The third-order valence-corrected chi connectivity index (χ3v) is 8.00. The Kier molecular flexibility index (Phi) is 7.23. The molecule has 0 saturated carbocycles. The summed E-state index contributed by atoms with van der Waals surface area (Å²) in [5.41, 5.74) is 0.769. The van der Waals surface area contributed by atoms with Crippen LogP contribution in [0.3, 0.4) is 0 Å².